The van der Waals surface area contributed by atoms with Crippen molar-refractivity contribution in [1.29, 1.82) is 0 Å². The number of anilines is 1. The van der Waals surface area contributed by atoms with Crippen molar-refractivity contribution in [1.82, 2.24) is 0 Å². The molecule has 0 N–H and O–H groups in total. The second-order valence-electron chi connectivity index (χ2n) is 3.22. The summed E-state index contributed by atoms with van der Waals surface area (Å²) in [5, 5.41) is 0.560. The van der Waals surface area contributed by atoms with Gasteiger partial charge in [-0.05, 0) is 24.6 Å². The number of nitrogens with zero attached hydrogens (tertiary/aromatic N) is 1. The molecule has 3 nitrogen and oxygen atoms in total. The van der Waals surface area contributed by atoms with Gasteiger partial charge < -0.3 is 0 Å². The summed E-state index contributed by atoms with van der Waals surface area (Å²) in [5.41, 5.74) is 0.662. The van der Waals surface area contributed by atoms with Crippen LogP contribution in [0.3, 0.4) is 0 Å². The van der Waals surface area contributed by atoms with Crippen molar-refractivity contribution in [2.45, 2.75) is 6.42 Å². The fraction of sp³-hybridized carbons (Fsp3) is 0.333. The Morgan fingerprint density at radius 2 is 2.14 bits per heavy atom. The Labute approximate surface area is 88.3 Å². The third kappa shape index (κ3) is 1.72. The first-order valence-electron chi connectivity index (χ1n) is 4.35. The van der Waals surface area contributed by atoms with Gasteiger partial charge in [0.1, 0.15) is 0 Å². The van der Waals surface area contributed by atoms with Crippen LogP contribution in [0.25, 0.3) is 0 Å². The molecule has 0 bridgehead atoms. The third-order valence-corrected chi connectivity index (χ3v) is 4.30. The van der Waals surface area contributed by atoms with Gasteiger partial charge in [0.25, 0.3) is 0 Å². The zero-order chi connectivity index (χ0) is 10.2. The monoisotopic (exact) mass is 231 g/mol. The van der Waals surface area contributed by atoms with E-state index in [9.17, 15) is 8.42 Å². The number of hydrogen-bond donors (Lipinski definition) is 0. The van der Waals surface area contributed by atoms with E-state index < -0.39 is 10.0 Å². The van der Waals surface area contributed by atoms with Crippen molar-refractivity contribution in [3.63, 3.8) is 0 Å². The van der Waals surface area contributed by atoms with Crippen LogP contribution >= 0.6 is 11.6 Å². The Morgan fingerprint density at radius 1 is 1.36 bits per heavy atom. The summed E-state index contributed by atoms with van der Waals surface area (Å²) in [7, 11) is -3.08. The van der Waals surface area contributed by atoms with E-state index in [1.54, 1.807) is 24.3 Å². The first-order chi connectivity index (χ1) is 6.59. The number of rotatable bonds is 1. The highest BCUT2D eigenvalue weighted by molar-refractivity contribution is 7.93. The summed E-state index contributed by atoms with van der Waals surface area (Å²) < 4.78 is 24.5. The predicted octanol–water partition coefficient (Wildman–Crippen LogP) is 1.88. The van der Waals surface area contributed by atoms with Gasteiger partial charge in [0.05, 0.1) is 11.4 Å². The molecule has 1 aliphatic rings. The summed E-state index contributed by atoms with van der Waals surface area (Å²) in [6.07, 6.45) is 0.689. The van der Waals surface area contributed by atoms with Crippen LogP contribution in [0, 0.1) is 0 Å². The lowest BCUT2D eigenvalue weighted by Gasteiger charge is -2.16. The first-order valence-corrected chi connectivity index (χ1v) is 6.34. The maximum absolute atomic E-state index is 11.6. The molecule has 14 heavy (non-hydrogen) atoms. The van der Waals surface area contributed by atoms with Crippen LogP contribution in [-0.4, -0.2) is 20.7 Å². The quantitative estimate of drug-likeness (QED) is 0.740. The van der Waals surface area contributed by atoms with Gasteiger partial charge in [0.2, 0.25) is 10.0 Å². The van der Waals surface area contributed by atoms with E-state index in [1.165, 1.54) is 4.31 Å². The molecule has 0 amide bonds. The summed E-state index contributed by atoms with van der Waals surface area (Å²) in [5.74, 6) is 0.236. The molecule has 1 aromatic rings. The van der Waals surface area contributed by atoms with Crippen LogP contribution in [0.5, 0.6) is 0 Å². The molecule has 0 spiro atoms. The van der Waals surface area contributed by atoms with Crippen molar-refractivity contribution < 1.29 is 8.42 Å². The van der Waals surface area contributed by atoms with Crippen LogP contribution in [0.15, 0.2) is 24.3 Å². The van der Waals surface area contributed by atoms with Crippen LogP contribution < -0.4 is 4.31 Å². The van der Waals surface area contributed by atoms with Crippen LogP contribution in [0.2, 0.25) is 5.02 Å². The van der Waals surface area contributed by atoms with E-state index in [0.29, 0.717) is 23.7 Å². The average Bonchev–Trinajstić information content (AvgIpc) is 2.45. The van der Waals surface area contributed by atoms with E-state index >= 15 is 0 Å². The Balaban J connectivity index is 2.41. The molecule has 0 atom stereocenters. The maximum Gasteiger partial charge on any atom is 0.235 e. The Hall–Kier alpha value is -0.740. The molecule has 2 rings (SSSR count). The highest BCUT2D eigenvalue weighted by Crippen LogP contribution is 2.25. The Morgan fingerprint density at radius 3 is 2.71 bits per heavy atom. The molecule has 0 aliphatic carbocycles. The average molecular weight is 232 g/mol. The van der Waals surface area contributed by atoms with Gasteiger partial charge in [-0.3, -0.25) is 4.31 Å². The Bertz CT molecular complexity index is 444. The van der Waals surface area contributed by atoms with E-state index in [4.69, 9.17) is 11.6 Å². The molecule has 0 aromatic heterocycles. The molecule has 1 aromatic carbocycles. The molecular formula is C9H10ClNO2S. The fourth-order valence-electron chi connectivity index (χ4n) is 1.56. The summed E-state index contributed by atoms with van der Waals surface area (Å²) >= 11 is 5.79. The molecule has 1 aliphatic heterocycles. The van der Waals surface area contributed by atoms with Crippen LogP contribution in [-0.2, 0) is 10.0 Å². The molecule has 0 unspecified atom stereocenters. The second-order valence-corrected chi connectivity index (χ2v) is 5.67. The number of halogens is 1. The topological polar surface area (TPSA) is 37.4 Å². The SMILES string of the molecule is O=S1(=O)CCCN1c1cccc(Cl)c1. The van der Waals surface area contributed by atoms with Crippen molar-refractivity contribution in [2.24, 2.45) is 0 Å². The van der Waals surface area contributed by atoms with Crippen LogP contribution in [0.4, 0.5) is 5.69 Å². The second kappa shape index (κ2) is 3.44. The molecule has 5 heteroatoms. The first kappa shape index (κ1) is 9.80. The smallest absolute Gasteiger partial charge is 0.235 e. The molecule has 1 saturated heterocycles. The van der Waals surface area contributed by atoms with Gasteiger partial charge in [-0.1, -0.05) is 17.7 Å². The van der Waals surface area contributed by atoms with Gasteiger partial charge in [-0.2, -0.15) is 0 Å². The largest absolute Gasteiger partial charge is 0.270 e. The van der Waals surface area contributed by atoms with Crippen molar-refractivity contribution in [2.75, 3.05) is 16.6 Å². The summed E-state index contributed by atoms with van der Waals surface area (Å²) in [4.78, 5) is 0. The van der Waals surface area contributed by atoms with E-state index in [1.807, 2.05) is 0 Å². The lowest BCUT2D eigenvalue weighted by molar-refractivity contribution is 0.599. The minimum atomic E-state index is -3.08. The number of hydrogen-bond acceptors (Lipinski definition) is 2. The minimum absolute atomic E-state index is 0.236. The third-order valence-electron chi connectivity index (χ3n) is 2.20. The molecule has 0 saturated carbocycles. The maximum atomic E-state index is 11.6. The lowest BCUT2D eigenvalue weighted by atomic mass is 10.3. The molecular weight excluding hydrogens is 222 g/mol. The minimum Gasteiger partial charge on any atom is -0.270 e. The van der Waals surface area contributed by atoms with E-state index in [2.05, 4.69) is 0 Å². The standard InChI is InChI=1S/C9H10ClNO2S/c10-8-3-1-4-9(7-8)11-5-2-6-14(11,12)13/h1,3-4,7H,2,5-6H2. The number of sulfonamides is 1. The molecule has 0 radical (unpaired) electrons. The van der Waals surface area contributed by atoms with Crippen molar-refractivity contribution >= 4 is 27.3 Å². The zero-order valence-corrected chi connectivity index (χ0v) is 9.05. The van der Waals surface area contributed by atoms with Gasteiger partial charge in [-0.25, -0.2) is 8.42 Å². The molecule has 1 fully saturated rings. The summed E-state index contributed by atoms with van der Waals surface area (Å²) in [6.45, 7) is 0.558. The van der Waals surface area contributed by atoms with Gasteiger partial charge in [0.15, 0.2) is 0 Å². The number of benzene rings is 1. The Kier molecular flexibility index (Phi) is 2.41. The zero-order valence-electron chi connectivity index (χ0n) is 7.48. The fourth-order valence-corrected chi connectivity index (χ4v) is 3.30. The molecule has 76 valence electrons. The predicted molar refractivity (Wildman–Crippen MR) is 57.2 cm³/mol. The van der Waals surface area contributed by atoms with Gasteiger partial charge >= 0.3 is 0 Å². The highest BCUT2D eigenvalue weighted by atomic mass is 35.5. The summed E-state index contributed by atoms with van der Waals surface area (Å²) in [6, 6.07) is 6.92. The lowest BCUT2D eigenvalue weighted by Crippen LogP contribution is -2.24. The van der Waals surface area contributed by atoms with Crippen molar-refractivity contribution in [3.05, 3.63) is 29.3 Å². The highest BCUT2D eigenvalue weighted by Gasteiger charge is 2.28. The van der Waals surface area contributed by atoms with Gasteiger partial charge in [0, 0.05) is 11.6 Å². The molecule has 1 heterocycles. The van der Waals surface area contributed by atoms with Crippen molar-refractivity contribution in [3.8, 4) is 0 Å². The normalized spacial score (nSPS) is 19.9. The van der Waals surface area contributed by atoms with Crippen LogP contribution in [0.1, 0.15) is 6.42 Å². The van der Waals surface area contributed by atoms with E-state index in [-0.39, 0.29) is 5.75 Å². The van der Waals surface area contributed by atoms with E-state index in [0.717, 1.165) is 0 Å². The van der Waals surface area contributed by atoms with Gasteiger partial charge in [-0.15, -0.1) is 0 Å².